The van der Waals surface area contributed by atoms with Crippen LogP contribution in [0.25, 0.3) is 28.1 Å². The maximum atomic E-state index is 14.1. The Bertz CT molecular complexity index is 1770. The summed E-state index contributed by atoms with van der Waals surface area (Å²) in [5, 5.41) is 14.9. The average Bonchev–Trinajstić information content (AvgIpc) is 3.69. The highest BCUT2D eigenvalue weighted by atomic mass is 19.2. The molecule has 1 aliphatic rings. The molecule has 2 atom stereocenters. The van der Waals surface area contributed by atoms with Gasteiger partial charge in [0.1, 0.15) is 17.4 Å². The van der Waals surface area contributed by atoms with Gasteiger partial charge in [0.05, 0.1) is 23.7 Å². The molecular weight excluding hydrogens is 556 g/mol. The molecule has 10 nitrogen and oxygen atoms in total. The number of Topliss-reactive ketones (excluding diaryl/α,β-unsaturated/α-hetero) is 1. The van der Waals surface area contributed by atoms with Crippen molar-refractivity contribution in [3.63, 3.8) is 0 Å². The molecule has 0 radical (unpaired) electrons. The zero-order chi connectivity index (χ0) is 30.1. The van der Waals surface area contributed by atoms with Gasteiger partial charge in [-0.05, 0) is 48.4 Å². The second-order valence-corrected chi connectivity index (χ2v) is 10.7. The Labute approximate surface area is 246 Å². The lowest BCUT2D eigenvalue weighted by atomic mass is 9.90. The van der Waals surface area contributed by atoms with Gasteiger partial charge in [-0.1, -0.05) is 29.5 Å². The molecule has 0 amide bonds. The number of hydrogen-bond donors (Lipinski definition) is 0. The van der Waals surface area contributed by atoms with Crippen molar-refractivity contribution < 1.29 is 23.1 Å². The first-order chi connectivity index (χ1) is 20.8. The molecule has 12 heteroatoms. The number of fused-ring (bicyclic) bond motifs is 1. The zero-order valence-corrected chi connectivity index (χ0v) is 24.1. The van der Waals surface area contributed by atoms with E-state index in [1.54, 1.807) is 34.8 Å². The van der Waals surface area contributed by atoms with Gasteiger partial charge in [0, 0.05) is 57.8 Å². The van der Waals surface area contributed by atoms with Crippen molar-refractivity contribution in [3.8, 4) is 16.9 Å². The van der Waals surface area contributed by atoms with Crippen LogP contribution in [0.3, 0.4) is 0 Å². The molecule has 0 N–H and O–H groups in total. The van der Waals surface area contributed by atoms with E-state index < -0.39 is 17.7 Å². The minimum atomic E-state index is -0.953. The summed E-state index contributed by atoms with van der Waals surface area (Å²) in [6, 6.07) is 15.2. The summed E-state index contributed by atoms with van der Waals surface area (Å²) in [4.78, 5) is 24.4. The summed E-state index contributed by atoms with van der Waals surface area (Å²) >= 11 is 0. The number of para-hydroxylation sites is 1. The smallest absolute Gasteiger partial charge is 0.178 e. The number of hydrogen-bond acceptors (Lipinski definition) is 8. The summed E-state index contributed by atoms with van der Waals surface area (Å²) in [6.45, 7) is 3.30. The Morgan fingerprint density at radius 2 is 1.93 bits per heavy atom. The lowest BCUT2D eigenvalue weighted by molar-refractivity contribution is -0.155. The number of carbonyl (C=O) groups excluding carboxylic acids is 1. The summed E-state index contributed by atoms with van der Waals surface area (Å²) in [7, 11) is 3.38. The summed E-state index contributed by atoms with van der Waals surface area (Å²) < 4.78 is 36.4. The van der Waals surface area contributed by atoms with Gasteiger partial charge in [0.2, 0.25) is 0 Å². The van der Waals surface area contributed by atoms with E-state index in [2.05, 4.69) is 15.3 Å². The fourth-order valence-corrected chi connectivity index (χ4v) is 5.58. The van der Waals surface area contributed by atoms with E-state index in [1.165, 1.54) is 6.07 Å². The first kappa shape index (κ1) is 28.7. The molecule has 1 saturated heterocycles. The van der Waals surface area contributed by atoms with E-state index in [4.69, 9.17) is 14.7 Å². The van der Waals surface area contributed by atoms with Gasteiger partial charge in [-0.25, -0.2) is 23.1 Å². The number of aromatic nitrogens is 6. The standard InChI is InChI=1S/C31H31F2N7O3/c1-19-28(16-24(41)13-22-18-39(11-12-42-3)43-30(22)20-9-10-25(32)26(33)14-20)40(23-7-5-4-6-8-23)36-29(19)21-15-27-31(34-17-21)38(2)37-35-27/h4-10,14-15,17,22,30H,11-13,16,18H2,1-3H3/t22-,30+/m1/s1. The number of pyridine rings is 1. The highest BCUT2D eigenvalue weighted by Crippen LogP contribution is 2.37. The van der Waals surface area contributed by atoms with Gasteiger partial charge in [-0.3, -0.25) is 9.63 Å². The molecule has 222 valence electrons. The second kappa shape index (κ2) is 12.1. The fourth-order valence-electron chi connectivity index (χ4n) is 5.58. The molecule has 0 saturated carbocycles. The third kappa shape index (κ3) is 5.81. The van der Waals surface area contributed by atoms with Gasteiger partial charge >= 0.3 is 0 Å². The monoisotopic (exact) mass is 587 g/mol. The number of ether oxygens (including phenoxy) is 1. The van der Waals surface area contributed by atoms with E-state index in [1.807, 2.05) is 43.3 Å². The average molecular weight is 588 g/mol. The number of methoxy groups -OCH3 is 1. The molecule has 0 unspecified atom stereocenters. The molecule has 3 aromatic heterocycles. The number of aryl methyl sites for hydroxylation is 1. The van der Waals surface area contributed by atoms with Gasteiger partial charge in [0.15, 0.2) is 17.3 Å². The Kier molecular flexibility index (Phi) is 8.06. The lowest BCUT2D eigenvalue weighted by Crippen LogP contribution is -2.24. The number of carbonyl (C=O) groups is 1. The first-order valence-electron chi connectivity index (χ1n) is 14.0. The van der Waals surface area contributed by atoms with Crippen molar-refractivity contribution in [1.82, 2.24) is 34.8 Å². The molecule has 6 rings (SSSR count). The molecule has 1 aliphatic heterocycles. The number of nitrogens with zero attached hydrogens (tertiary/aromatic N) is 7. The van der Waals surface area contributed by atoms with Crippen molar-refractivity contribution in [2.45, 2.75) is 25.9 Å². The Hall–Kier alpha value is -4.39. The SMILES string of the molecule is COCCN1C[C@@H](CC(=O)Cc2c(C)c(-c3cnc4c(c3)nnn4C)nn2-c2ccccc2)[C@H](c2ccc(F)c(F)c2)O1. The van der Waals surface area contributed by atoms with E-state index in [-0.39, 0.29) is 24.5 Å². The van der Waals surface area contributed by atoms with Crippen LogP contribution < -0.4 is 0 Å². The molecule has 43 heavy (non-hydrogen) atoms. The van der Waals surface area contributed by atoms with Gasteiger partial charge < -0.3 is 4.74 Å². The predicted molar refractivity (Wildman–Crippen MR) is 154 cm³/mol. The van der Waals surface area contributed by atoms with E-state index in [0.29, 0.717) is 42.1 Å². The van der Waals surface area contributed by atoms with Gasteiger partial charge in [0.25, 0.3) is 0 Å². The quantitative estimate of drug-likeness (QED) is 0.235. The second-order valence-electron chi connectivity index (χ2n) is 10.7. The number of rotatable bonds is 10. The summed E-state index contributed by atoms with van der Waals surface area (Å²) in [5.41, 5.74) is 5.68. The van der Waals surface area contributed by atoms with Crippen LogP contribution in [0.4, 0.5) is 8.78 Å². The molecule has 0 spiro atoms. The maximum absolute atomic E-state index is 14.1. The van der Waals surface area contributed by atoms with Crippen molar-refractivity contribution in [3.05, 3.63) is 89.2 Å². The van der Waals surface area contributed by atoms with E-state index in [0.717, 1.165) is 34.6 Å². The molecule has 0 aliphatic carbocycles. The largest absolute Gasteiger partial charge is 0.383 e. The van der Waals surface area contributed by atoms with Crippen LogP contribution in [0.1, 0.15) is 29.3 Å². The van der Waals surface area contributed by atoms with Crippen LogP contribution in [0.15, 0.2) is 60.8 Å². The van der Waals surface area contributed by atoms with E-state index >= 15 is 0 Å². The third-order valence-corrected chi connectivity index (χ3v) is 7.76. The topological polar surface area (TPSA) is 100 Å². The number of ketones is 1. The molecular formula is C31H31F2N7O3. The van der Waals surface area contributed by atoms with Crippen LogP contribution in [0.5, 0.6) is 0 Å². The molecule has 2 aromatic carbocycles. The third-order valence-electron chi connectivity index (χ3n) is 7.76. The van der Waals surface area contributed by atoms with Crippen LogP contribution in [-0.4, -0.2) is 67.4 Å². The van der Waals surface area contributed by atoms with Crippen molar-refractivity contribution in [1.29, 1.82) is 0 Å². The zero-order valence-electron chi connectivity index (χ0n) is 24.1. The first-order valence-corrected chi connectivity index (χ1v) is 14.0. The van der Waals surface area contributed by atoms with E-state index in [9.17, 15) is 13.6 Å². The Morgan fingerprint density at radius 3 is 2.70 bits per heavy atom. The minimum Gasteiger partial charge on any atom is -0.383 e. The Morgan fingerprint density at radius 1 is 1.12 bits per heavy atom. The van der Waals surface area contributed by atoms with Crippen LogP contribution >= 0.6 is 0 Å². The molecule has 5 aromatic rings. The Balaban J connectivity index is 1.30. The normalized spacial score (nSPS) is 17.2. The van der Waals surface area contributed by atoms with Gasteiger partial charge in [-0.15, -0.1) is 5.10 Å². The van der Waals surface area contributed by atoms with Crippen LogP contribution in [-0.2, 0) is 27.8 Å². The lowest BCUT2D eigenvalue weighted by Gasteiger charge is -2.18. The number of benzene rings is 2. The summed E-state index contributed by atoms with van der Waals surface area (Å²) in [6.07, 6.45) is 1.43. The highest BCUT2D eigenvalue weighted by molar-refractivity contribution is 5.83. The fraction of sp³-hybridized carbons (Fsp3) is 0.323. The molecule has 0 bridgehead atoms. The highest BCUT2D eigenvalue weighted by Gasteiger charge is 2.37. The minimum absolute atomic E-state index is 0.0241. The van der Waals surface area contributed by atoms with Crippen LogP contribution in [0.2, 0.25) is 0 Å². The predicted octanol–water partition coefficient (Wildman–Crippen LogP) is 4.56. The van der Waals surface area contributed by atoms with Crippen LogP contribution in [0, 0.1) is 24.5 Å². The van der Waals surface area contributed by atoms with Crippen molar-refractivity contribution in [2.24, 2.45) is 13.0 Å². The van der Waals surface area contributed by atoms with Crippen molar-refractivity contribution in [2.75, 3.05) is 26.8 Å². The van der Waals surface area contributed by atoms with Gasteiger partial charge in [-0.2, -0.15) is 10.2 Å². The maximum Gasteiger partial charge on any atom is 0.178 e. The molecule has 4 heterocycles. The number of halogens is 2. The van der Waals surface area contributed by atoms with Crippen molar-refractivity contribution >= 4 is 16.9 Å². The summed E-state index contributed by atoms with van der Waals surface area (Å²) in [5.74, 6) is -2.18. The molecule has 1 fully saturated rings. The number of hydroxylamine groups is 2.